The van der Waals surface area contributed by atoms with E-state index < -0.39 is 0 Å². The van der Waals surface area contributed by atoms with Crippen molar-refractivity contribution in [3.8, 4) is 17.9 Å². The molecular formula is C14H16N2O4. The van der Waals surface area contributed by atoms with Crippen LogP contribution in [-0.4, -0.2) is 44.7 Å². The van der Waals surface area contributed by atoms with Gasteiger partial charge in [0, 0.05) is 0 Å². The lowest BCUT2D eigenvalue weighted by Crippen LogP contribution is -2.12. The van der Waals surface area contributed by atoms with Crippen LogP contribution in [0.15, 0.2) is 18.2 Å². The summed E-state index contributed by atoms with van der Waals surface area (Å²) in [6, 6.07) is 8.78. The molecule has 0 spiro atoms. The van der Waals surface area contributed by atoms with Crippen LogP contribution < -0.4 is 4.74 Å². The highest BCUT2D eigenvalue weighted by Crippen LogP contribution is 2.20. The molecule has 0 atom stereocenters. The first kappa shape index (κ1) is 15.9. The predicted molar refractivity (Wildman–Crippen MR) is 70.1 cm³/mol. The first-order chi connectivity index (χ1) is 9.83. The zero-order valence-electron chi connectivity index (χ0n) is 11.0. The van der Waals surface area contributed by atoms with E-state index >= 15 is 0 Å². The molecule has 0 saturated heterocycles. The van der Waals surface area contributed by atoms with Gasteiger partial charge in [-0.05, 0) is 12.1 Å². The number of aliphatic hydroxyl groups excluding tert-OH is 1. The average Bonchev–Trinajstić information content (AvgIpc) is 2.49. The van der Waals surface area contributed by atoms with Gasteiger partial charge in [-0.1, -0.05) is 6.07 Å². The van der Waals surface area contributed by atoms with Crippen molar-refractivity contribution in [3.05, 3.63) is 29.3 Å². The van der Waals surface area contributed by atoms with Crippen molar-refractivity contribution in [1.29, 1.82) is 10.5 Å². The topological polar surface area (TPSA) is 95.5 Å². The maximum Gasteiger partial charge on any atom is 0.138 e. The normalized spacial score (nSPS) is 9.75. The lowest BCUT2D eigenvalue weighted by molar-refractivity contribution is 0.0247. The Balaban J connectivity index is 2.29. The number of hydrogen-bond donors (Lipinski definition) is 1. The van der Waals surface area contributed by atoms with Crippen molar-refractivity contribution < 1.29 is 19.3 Å². The number of nitriles is 2. The fourth-order valence-electron chi connectivity index (χ4n) is 1.46. The molecule has 20 heavy (non-hydrogen) atoms. The Morgan fingerprint density at radius 3 is 2.30 bits per heavy atom. The summed E-state index contributed by atoms with van der Waals surface area (Å²) in [4.78, 5) is 0. The van der Waals surface area contributed by atoms with Gasteiger partial charge in [0.15, 0.2) is 0 Å². The SMILES string of the molecule is N#Cc1cccc(OCCOCCOCCO)c1C#N. The summed E-state index contributed by atoms with van der Waals surface area (Å²) in [5.74, 6) is 0.381. The van der Waals surface area contributed by atoms with E-state index in [1.807, 2.05) is 12.1 Å². The highest BCUT2D eigenvalue weighted by atomic mass is 16.5. The second kappa shape index (κ2) is 9.76. The highest BCUT2D eigenvalue weighted by molar-refractivity contribution is 5.53. The van der Waals surface area contributed by atoms with Crippen LogP contribution in [0.2, 0.25) is 0 Å². The third-order valence-corrected chi connectivity index (χ3v) is 2.35. The minimum atomic E-state index is -0.00468. The molecule has 0 amide bonds. The van der Waals surface area contributed by atoms with Crippen LogP contribution in [0.3, 0.4) is 0 Å². The van der Waals surface area contributed by atoms with E-state index in [0.717, 1.165) is 0 Å². The number of aliphatic hydroxyl groups is 1. The zero-order valence-corrected chi connectivity index (χ0v) is 11.0. The van der Waals surface area contributed by atoms with Gasteiger partial charge in [0.25, 0.3) is 0 Å². The summed E-state index contributed by atoms with van der Waals surface area (Å²) in [5.41, 5.74) is 0.532. The molecular weight excluding hydrogens is 260 g/mol. The second-order valence-electron chi connectivity index (χ2n) is 3.70. The molecule has 0 aromatic heterocycles. The lowest BCUT2D eigenvalue weighted by atomic mass is 10.1. The molecule has 1 rings (SSSR count). The molecule has 0 heterocycles. The average molecular weight is 276 g/mol. The number of ether oxygens (including phenoxy) is 3. The van der Waals surface area contributed by atoms with E-state index in [-0.39, 0.29) is 18.8 Å². The largest absolute Gasteiger partial charge is 0.490 e. The molecule has 0 unspecified atom stereocenters. The Hall–Kier alpha value is -2.12. The molecule has 0 aliphatic carbocycles. The van der Waals surface area contributed by atoms with Crippen LogP contribution in [0.5, 0.6) is 5.75 Å². The molecule has 0 fully saturated rings. The minimum absolute atomic E-state index is 0.00468. The van der Waals surface area contributed by atoms with Gasteiger partial charge < -0.3 is 19.3 Å². The molecule has 0 aliphatic heterocycles. The van der Waals surface area contributed by atoms with Crippen molar-refractivity contribution in [3.63, 3.8) is 0 Å². The molecule has 0 radical (unpaired) electrons. The van der Waals surface area contributed by atoms with E-state index in [4.69, 9.17) is 29.8 Å². The molecule has 1 aromatic carbocycles. The van der Waals surface area contributed by atoms with Gasteiger partial charge in [-0.2, -0.15) is 10.5 Å². The third kappa shape index (κ3) is 5.25. The molecule has 0 saturated carbocycles. The van der Waals surface area contributed by atoms with Gasteiger partial charge in [-0.15, -0.1) is 0 Å². The standard InChI is InChI=1S/C14H16N2O4/c15-10-12-2-1-3-14(13(12)11-16)20-9-8-19-7-6-18-5-4-17/h1-3,17H,4-9H2. The van der Waals surface area contributed by atoms with Gasteiger partial charge in [0.05, 0.1) is 38.6 Å². The van der Waals surface area contributed by atoms with Crippen LogP contribution in [0, 0.1) is 22.7 Å². The summed E-state index contributed by atoms with van der Waals surface area (Å²) < 4.78 is 15.7. The Kier molecular flexibility index (Phi) is 7.78. The summed E-state index contributed by atoms with van der Waals surface area (Å²) >= 11 is 0. The quantitative estimate of drug-likeness (QED) is 0.671. The van der Waals surface area contributed by atoms with Crippen LogP contribution >= 0.6 is 0 Å². The second-order valence-corrected chi connectivity index (χ2v) is 3.70. The summed E-state index contributed by atoms with van der Waals surface area (Å²) in [5, 5.41) is 26.4. The van der Waals surface area contributed by atoms with Crippen molar-refractivity contribution in [2.45, 2.75) is 0 Å². The fraction of sp³-hybridized carbons (Fsp3) is 0.429. The molecule has 6 nitrogen and oxygen atoms in total. The lowest BCUT2D eigenvalue weighted by Gasteiger charge is -2.09. The highest BCUT2D eigenvalue weighted by Gasteiger charge is 2.08. The molecule has 1 N–H and O–H groups in total. The van der Waals surface area contributed by atoms with Gasteiger partial charge in [-0.3, -0.25) is 0 Å². The molecule has 0 aliphatic rings. The summed E-state index contributed by atoms with van der Waals surface area (Å²) in [7, 11) is 0. The Morgan fingerprint density at radius 1 is 0.950 bits per heavy atom. The Labute approximate surface area is 117 Å². The maximum absolute atomic E-state index is 9.00. The summed E-state index contributed by atoms with van der Waals surface area (Å²) in [6.45, 7) is 1.75. The Bertz CT molecular complexity index is 491. The van der Waals surface area contributed by atoms with E-state index in [2.05, 4.69) is 0 Å². The predicted octanol–water partition coefficient (Wildman–Crippen LogP) is 0.834. The van der Waals surface area contributed by atoms with Crippen molar-refractivity contribution >= 4 is 0 Å². The van der Waals surface area contributed by atoms with Gasteiger partial charge in [-0.25, -0.2) is 0 Å². The molecule has 6 heteroatoms. The fourth-order valence-corrected chi connectivity index (χ4v) is 1.46. The van der Waals surface area contributed by atoms with E-state index in [9.17, 15) is 0 Å². The van der Waals surface area contributed by atoms with Crippen LogP contribution in [0.4, 0.5) is 0 Å². The van der Waals surface area contributed by atoms with Crippen molar-refractivity contribution in [1.82, 2.24) is 0 Å². The van der Waals surface area contributed by atoms with Crippen molar-refractivity contribution in [2.75, 3.05) is 39.6 Å². The molecule has 106 valence electrons. The third-order valence-electron chi connectivity index (χ3n) is 2.35. The first-order valence-corrected chi connectivity index (χ1v) is 6.15. The van der Waals surface area contributed by atoms with Crippen LogP contribution in [-0.2, 0) is 9.47 Å². The van der Waals surface area contributed by atoms with E-state index in [0.29, 0.717) is 37.7 Å². The van der Waals surface area contributed by atoms with E-state index in [1.165, 1.54) is 0 Å². The van der Waals surface area contributed by atoms with E-state index in [1.54, 1.807) is 18.2 Å². The number of hydrogen-bond acceptors (Lipinski definition) is 6. The van der Waals surface area contributed by atoms with Crippen LogP contribution in [0.1, 0.15) is 11.1 Å². The maximum atomic E-state index is 9.00. The minimum Gasteiger partial charge on any atom is -0.490 e. The molecule has 0 bridgehead atoms. The van der Waals surface area contributed by atoms with Gasteiger partial charge >= 0.3 is 0 Å². The zero-order chi connectivity index (χ0) is 14.6. The summed E-state index contributed by atoms with van der Waals surface area (Å²) in [6.07, 6.45) is 0. The van der Waals surface area contributed by atoms with Crippen molar-refractivity contribution in [2.24, 2.45) is 0 Å². The number of nitrogens with zero attached hydrogens (tertiary/aromatic N) is 2. The Morgan fingerprint density at radius 2 is 1.65 bits per heavy atom. The van der Waals surface area contributed by atoms with Gasteiger partial charge in [0.1, 0.15) is 30.1 Å². The van der Waals surface area contributed by atoms with Gasteiger partial charge in [0.2, 0.25) is 0 Å². The molecule has 1 aromatic rings. The number of rotatable bonds is 9. The smallest absolute Gasteiger partial charge is 0.138 e. The van der Waals surface area contributed by atoms with Crippen LogP contribution in [0.25, 0.3) is 0 Å². The first-order valence-electron chi connectivity index (χ1n) is 6.15. The monoisotopic (exact) mass is 276 g/mol. The number of benzene rings is 1.